The van der Waals surface area contributed by atoms with Crippen molar-refractivity contribution in [2.45, 2.75) is 26.7 Å². The van der Waals surface area contributed by atoms with E-state index in [0.29, 0.717) is 5.92 Å². The first-order chi connectivity index (χ1) is 15.5. The maximum atomic E-state index is 12.3. The molecule has 0 saturated heterocycles. The molecule has 4 aromatic rings. The van der Waals surface area contributed by atoms with Gasteiger partial charge in [-0.15, -0.1) is 11.3 Å². The molecular formula is C28H26N2OS. The number of hydrogen-bond acceptors (Lipinski definition) is 3. The summed E-state index contributed by atoms with van der Waals surface area (Å²) in [6.07, 6.45) is 3.40. The average molecular weight is 439 g/mol. The van der Waals surface area contributed by atoms with Crippen molar-refractivity contribution >= 4 is 29.0 Å². The van der Waals surface area contributed by atoms with E-state index in [1.165, 1.54) is 10.4 Å². The molecule has 3 aromatic carbocycles. The zero-order chi connectivity index (χ0) is 22.5. The number of benzene rings is 3. The van der Waals surface area contributed by atoms with Crippen LogP contribution in [0.2, 0.25) is 0 Å². The average Bonchev–Trinajstić information content (AvgIpc) is 3.20. The fourth-order valence-corrected chi connectivity index (χ4v) is 4.37. The van der Waals surface area contributed by atoms with E-state index in [0.717, 1.165) is 33.1 Å². The first-order valence-corrected chi connectivity index (χ1v) is 11.5. The second kappa shape index (κ2) is 9.75. The van der Waals surface area contributed by atoms with E-state index in [2.05, 4.69) is 50.4 Å². The van der Waals surface area contributed by atoms with E-state index < -0.39 is 0 Å². The Bertz CT molecular complexity index is 1220. The molecule has 0 aliphatic carbocycles. The quantitative estimate of drug-likeness (QED) is 0.316. The first-order valence-electron chi connectivity index (χ1n) is 10.7. The Morgan fingerprint density at radius 3 is 2.25 bits per heavy atom. The summed E-state index contributed by atoms with van der Waals surface area (Å²) in [5.74, 6) is 0.346. The fraction of sp³-hybridized carbons (Fsp3) is 0.143. The summed E-state index contributed by atoms with van der Waals surface area (Å²) in [7, 11) is 0. The van der Waals surface area contributed by atoms with Crippen molar-refractivity contribution in [3.63, 3.8) is 0 Å². The minimum atomic E-state index is -0.151. The van der Waals surface area contributed by atoms with Crippen molar-refractivity contribution in [2.24, 2.45) is 0 Å². The number of thiazole rings is 1. The van der Waals surface area contributed by atoms with Crippen LogP contribution in [0.5, 0.6) is 0 Å². The molecule has 0 unspecified atom stereocenters. The highest BCUT2D eigenvalue weighted by molar-refractivity contribution is 7.15. The second-order valence-electron chi connectivity index (χ2n) is 8.01. The molecule has 0 atom stereocenters. The summed E-state index contributed by atoms with van der Waals surface area (Å²) in [5.41, 5.74) is 6.21. The molecule has 32 heavy (non-hydrogen) atoms. The summed E-state index contributed by atoms with van der Waals surface area (Å²) in [5, 5.41) is 3.94. The van der Waals surface area contributed by atoms with Crippen molar-refractivity contribution in [3.05, 3.63) is 101 Å². The van der Waals surface area contributed by atoms with Crippen LogP contribution in [0.3, 0.4) is 0 Å². The maximum absolute atomic E-state index is 12.3. The predicted octanol–water partition coefficient (Wildman–Crippen LogP) is 7.56. The number of nitrogens with one attached hydrogen (secondary N) is 1. The predicted molar refractivity (Wildman–Crippen MR) is 136 cm³/mol. The Morgan fingerprint density at radius 2 is 1.59 bits per heavy atom. The molecule has 1 aromatic heterocycles. The third kappa shape index (κ3) is 5.21. The van der Waals surface area contributed by atoms with E-state index >= 15 is 0 Å². The highest BCUT2D eigenvalue weighted by atomic mass is 32.1. The summed E-state index contributed by atoms with van der Waals surface area (Å²) >= 11 is 1.69. The normalized spacial score (nSPS) is 11.2. The van der Waals surface area contributed by atoms with Gasteiger partial charge in [-0.2, -0.15) is 0 Å². The highest BCUT2D eigenvalue weighted by Gasteiger charge is 2.11. The number of aromatic nitrogens is 1. The fourth-order valence-electron chi connectivity index (χ4n) is 3.43. The van der Waals surface area contributed by atoms with Crippen LogP contribution >= 0.6 is 11.3 Å². The maximum Gasteiger partial charge on any atom is 0.248 e. The molecule has 1 N–H and O–H groups in total. The third-order valence-corrected chi connectivity index (χ3v) is 6.29. The summed E-state index contributed by atoms with van der Waals surface area (Å²) in [4.78, 5) is 18.3. The Morgan fingerprint density at radius 1 is 0.906 bits per heavy atom. The van der Waals surface area contributed by atoms with Crippen LogP contribution < -0.4 is 5.32 Å². The van der Waals surface area contributed by atoms with Gasteiger partial charge in [0.15, 0.2) is 0 Å². The topological polar surface area (TPSA) is 42.0 Å². The lowest BCUT2D eigenvalue weighted by Crippen LogP contribution is -2.07. The molecule has 0 saturated carbocycles. The van der Waals surface area contributed by atoms with Gasteiger partial charge in [0.05, 0.1) is 5.69 Å². The minimum absolute atomic E-state index is 0.151. The Balaban J connectivity index is 1.42. The second-order valence-corrected chi connectivity index (χ2v) is 9.21. The van der Waals surface area contributed by atoms with Gasteiger partial charge >= 0.3 is 0 Å². The summed E-state index contributed by atoms with van der Waals surface area (Å²) < 4.78 is 0. The van der Waals surface area contributed by atoms with Crippen LogP contribution in [-0.2, 0) is 4.79 Å². The smallest absolute Gasteiger partial charge is 0.248 e. The number of nitrogens with zero attached hydrogens (tertiary/aromatic N) is 1. The molecule has 0 aliphatic heterocycles. The SMILES string of the molecule is Cc1sc(-c2ccccc2)nc1-c1ccc(NC(=O)/C=C/c2ccc(C(C)C)cc2)cc1. The summed E-state index contributed by atoms with van der Waals surface area (Å²) in [6.45, 7) is 6.43. The van der Waals surface area contributed by atoms with Gasteiger partial charge in [0.1, 0.15) is 5.01 Å². The Kier molecular flexibility index (Phi) is 6.62. The molecule has 4 rings (SSSR count). The van der Waals surface area contributed by atoms with Crippen molar-refractivity contribution in [1.82, 2.24) is 4.98 Å². The van der Waals surface area contributed by atoms with Gasteiger partial charge in [0.2, 0.25) is 5.91 Å². The van der Waals surface area contributed by atoms with E-state index in [4.69, 9.17) is 4.98 Å². The molecule has 3 nitrogen and oxygen atoms in total. The lowest BCUT2D eigenvalue weighted by Gasteiger charge is -2.05. The zero-order valence-corrected chi connectivity index (χ0v) is 19.3. The number of carbonyl (C=O) groups excluding carboxylic acids is 1. The first kappa shape index (κ1) is 21.7. The number of carbonyl (C=O) groups is 1. The minimum Gasteiger partial charge on any atom is -0.323 e. The van der Waals surface area contributed by atoms with E-state index in [9.17, 15) is 4.79 Å². The number of anilines is 1. The Labute approximate surface area is 193 Å². The molecule has 1 heterocycles. The van der Waals surface area contributed by atoms with Crippen molar-refractivity contribution in [2.75, 3.05) is 5.32 Å². The number of aryl methyl sites for hydroxylation is 1. The van der Waals surface area contributed by atoms with Crippen LogP contribution in [0.15, 0.2) is 84.9 Å². The van der Waals surface area contributed by atoms with Crippen LogP contribution in [0.1, 0.15) is 35.8 Å². The van der Waals surface area contributed by atoms with Crippen molar-refractivity contribution < 1.29 is 4.79 Å². The van der Waals surface area contributed by atoms with Crippen molar-refractivity contribution in [3.8, 4) is 21.8 Å². The molecule has 0 spiro atoms. The van der Waals surface area contributed by atoms with Gasteiger partial charge in [-0.05, 0) is 42.2 Å². The molecule has 0 aliphatic rings. The lowest BCUT2D eigenvalue weighted by molar-refractivity contribution is -0.111. The lowest BCUT2D eigenvalue weighted by atomic mass is 10.0. The molecule has 4 heteroatoms. The van der Waals surface area contributed by atoms with Gasteiger partial charge in [0, 0.05) is 27.8 Å². The highest BCUT2D eigenvalue weighted by Crippen LogP contribution is 2.33. The largest absolute Gasteiger partial charge is 0.323 e. The zero-order valence-electron chi connectivity index (χ0n) is 18.5. The van der Waals surface area contributed by atoms with Crippen LogP contribution in [0.4, 0.5) is 5.69 Å². The van der Waals surface area contributed by atoms with E-state index in [1.54, 1.807) is 17.4 Å². The molecule has 0 bridgehead atoms. The van der Waals surface area contributed by atoms with Gasteiger partial charge in [-0.25, -0.2) is 4.98 Å². The van der Waals surface area contributed by atoms with Gasteiger partial charge in [-0.3, -0.25) is 4.79 Å². The third-order valence-electron chi connectivity index (χ3n) is 5.27. The molecule has 1 amide bonds. The molecular weight excluding hydrogens is 412 g/mol. The van der Waals surface area contributed by atoms with Crippen LogP contribution in [0.25, 0.3) is 27.9 Å². The van der Waals surface area contributed by atoms with Gasteiger partial charge in [-0.1, -0.05) is 80.6 Å². The monoisotopic (exact) mass is 438 g/mol. The number of amides is 1. The van der Waals surface area contributed by atoms with Crippen LogP contribution in [-0.4, -0.2) is 10.9 Å². The van der Waals surface area contributed by atoms with Crippen LogP contribution in [0, 0.1) is 6.92 Å². The standard InChI is InChI=1S/C28H26N2OS/c1-19(2)22-12-9-21(10-13-22)11-18-26(31)29-25-16-14-23(15-17-25)27-20(3)32-28(30-27)24-7-5-4-6-8-24/h4-19H,1-3H3,(H,29,31)/b18-11+. The van der Waals surface area contributed by atoms with Crippen molar-refractivity contribution in [1.29, 1.82) is 0 Å². The summed E-state index contributed by atoms with van der Waals surface area (Å²) in [6, 6.07) is 26.3. The van der Waals surface area contributed by atoms with Gasteiger partial charge < -0.3 is 5.32 Å². The van der Waals surface area contributed by atoms with E-state index in [-0.39, 0.29) is 5.91 Å². The molecule has 0 fully saturated rings. The number of rotatable bonds is 6. The molecule has 0 radical (unpaired) electrons. The Hall–Kier alpha value is -3.50. The van der Waals surface area contributed by atoms with Gasteiger partial charge in [0.25, 0.3) is 0 Å². The van der Waals surface area contributed by atoms with E-state index in [1.807, 2.05) is 60.7 Å². The molecule has 160 valence electrons. The number of hydrogen-bond donors (Lipinski definition) is 1.